The Morgan fingerprint density at radius 3 is 2.77 bits per heavy atom. The van der Waals surface area contributed by atoms with Gasteiger partial charge in [0.2, 0.25) is 5.91 Å². The van der Waals surface area contributed by atoms with Gasteiger partial charge in [-0.3, -0.25) is 4.79 Å². The van der Waals surface area contributed by atoms with Crippen molar-refractivity contribution < 1.29 is 17.9 Å². The lowest BCUT2D eigenvalue weighted by Crippen LogP contribution is -2.27. The van der Waals surface area contributed by atoms with Crippen molar-refractivity contribution in [3.8, 4) is 11.8 Å². The summed E-state index contributed by atoms with van der Waals surface area (Å²) in [6.07, 6.45) is 1.80. The molecule has 2 rings (SSSR count). The average molecular weight is 321 g/mol. The van der Waals surface area contributed by atoms with Gasteiger partial charge in [-0.05, 0) is 36.2 Å². The zero-order valence-electron chi connectivity index (χ0n) is 11.7. The lowest BCUT2D eigenvalue weighted by molar-refractivity contribution is -0.124. The second-order valence-electron chi connectivity index (χ2n) is 4.85. The Morgan fingerprint density at radius 2 is 2.18 bits per heavy atom. The second kappa shape index (κ2) is 7.04. The third kappa shape index (κ3) is 4.56. The summed E-state index contributed by atoms with van der Waals surface area (Å²) in [6.45, 7) is -0.0200. The molecule has 116 valence electrons. The Balaban J connectivity index is 1.85. The van der Waals surface area contributed by atoms with Crippen LogP contribution in [0.5, 0.6) is 5.75 Å². The van der Waals surface area contributed by atoms with Crippen LogP contribution in [0.15, 0.2) is 29.4 Å². The highest BCUT2D eigenvalue weighted by molar-refractivity contribution is 7.91. The van der Waals surface area contributed by atoms with Gasteiger partial charge >= 0.3 is 0 Å². The van der Waals surface area contributed by atoms with E-state index >= 15 is 0 Å². The number of rotatable bonds is 5. The maximum atomic E-state index is 11.8. The summed E-state index contributed by atoms with van der Waals surface area (Å²) in [4.78, 5) is 11.8. The van der Waals surface area contributed by atoms with Crippen molar-refractivity contribution in [1.29, 1.82) is 5.26 Å². The van der Waals surface area contributed by atoms with Crippen LogP contribution in [0.1, 0.15) is 12.0 Å². The van der Waals surface area contributed by atoms with Crippen molar-refractivity contribution in [1.82, 2.24) is 5.43 Å². The highest BCUT2D eigenvalue weighted by atomic mass is 32.2. The molecule has 0 aromatic heterocycles. The molecule has 22 heavy (non-hydrogen) atoms. The van der Waals surface area contributed by atoms with Gasteiger partial charge in [0.1, 0.15) is 11.8 Å². The van der Waals surface area contributed by atoms with Crippen molar-refractivity contribution in [3.63, 3.8) is 0 Å². The fourth-order valence-electron chi connectivity index (χ4n) is 2.03. The van der Waals surface area contributed by atoms with E-state index in [-0.39, 0.29) is 24.0 Å². The fourth-order valence-corrected chi connectivity index (χ4v) is 3.77. The van der Waals surface area contributed by atoms with Gasteiger partial charge in [0.15, 0.2) is 16.4 Å². The number of carbonyl (C=O) groups excluding carboxylic acids is 1. The van der Waals surface area contributed by atoms with E-state index in [9.17, 15) is 13.2 Å². The predicted molar refractivity (Wildman–Crippen MR) is 80.0 cm³/mol. The number of hydrogen-bond donors (Lipinski definition) is 1. The van der Waals surface area contributed by atoms with Gasteiger partial charge < -0.3 is 4.74 Å². The van der Waals surface area contributed by atoms with E-state index in [2.05, 4.69) is 10.5 Å². The molecule has 1 aliphatic rings. The van der Waals surface area contributed by atoms with Crippen LogP contribution in [0.3, 0.4) is 0 Å². The molecule has 1 amide bonds. The SMILES string of the molecule is N#CCOc1ccc(/C=N\NC(=O)[C@@H]2CCS(=O)(=O)C2)cc1. The molecule has 0 radical (unpaired) electrons. The van der Waals surface area contributed by atoms with E-state index in [0.29, 0.717) is 12.2 Å². The highest BCUT2D eigenvalue weighted by Crippen LogP contribution is 2.18. The molecule has 1 atom stereocenters. The Kier molecular flexibility index (Phi) is 5.12. The molecule has 0 spiro atoms. The topological polar surface area (TPSA) is 109 Å². The smallest absolute Gasteiger partial charge is 0.244 e. The molecule has 8 heteroatoms. The molecular weight excluding hydrogens is 306 g/mol. The molecule has 1 fully saturated rings. The summed E-state index contributed by atoms with van der Waals surface area (Å²) in [5.74, 6) is -0.396. The summed E-state index contributed by atoms with van der Waals surface area (Å²) >= 11 is 0. The number of benzene rings is 1. The summed E-state index contributed by atoms with van der Waals surface area (Å²) in [5.41, 5.74) is 3.09. The number of hydrazone groups is 1. The van der Waals surface area contributed by atoms with Gasteiger partial charge in [0, 0.05) is 0 Å². The van der Waals surface area contributed by atoms with Gasteiger partial charge in [0.05, 0.1) is 23.6 Å². The Labute approximate surface area is 128 Å². The number of hydrogen-bond acceptors (Lipinski definition) is 6. The van der Waals surface area contributed by atoms with Crippen LogP contribution in [0, 0.1) is 17.2 Å². The lowest BCUT2D eigenvalue weighted by Gasteiger charge is -2.04. The minimum atomic E-state index is -3.08. The lowest BCUT2D eigenvalue weighted by atomic mass is 10.1. The van der Waals surface area contributed by atoms with E-state index in [1.807, 2.05) is 6.07 Å². The fraction of sp³-hybridized carbons (Fsp3) is 0.357. The number of nitriles is 1. The zero-order chi connectivity index (χ0) is 16.0. The number of nitrogens with one attached hydrogen (secondary N) is 1. The van der Waals surface area contributed by atoms with Crippen LogP contribution in [0.4, 0.5) is 0 Å². The summed E-state index contributed by atoms with van der Waals surface area (Å²) in [6, 6.07) is 8.69. The first-order valence-corrected chi connectivity index (χ1v) is 8.45. The van der Waals surface area contributed by atoms with Crippen LogP contribution in [0.25, 0.3) is 0 Å². The quantitative estimate of drug-likeness (QED) is 0.626. The molecule has 1 aromatic rings. The first-order chi connectivity index (χ1) is 10.5. The third-order valence-corrected chi connectivity index (χ3v) is 4.94. The number of sulfone groups is 1. The van der Waals surface area contributed by atoms with Crippen LogP contribution in [-0.2, 0) is 14.6 Å². The maximum Gasteiger partial charge on any atom is 0.244 e. The highest BCUT2D eigenvalue weighted by Gasteiger charge is 2.32. The van der Waals surface area contributed by atoms with Crippen molar-refractivity contribution in [2.45, 2.75) is 6.42 Å². The van der Waals surface area contributed by atoms with E-state index < -0.39 is 15.8 Å². The zero-order valence-corrected chi connectivity index (χ0v) is 12.5. The molecule has 1 aromatic carbocycles. The van der Waals surface area contributed by atoms with E-state index in [1.165, 1.54) is 6.21 Å². The van der Waals surface area contributed by atoms with Crippen LogP contribution in [0.2, 0.25) is 0 Å². The molecule has 0 bridgehead atoms. The van der Waals surface area contributed by atoms with Crippen LogP contribution < -0.4 is 10.2 Å². The second-order valence-corrected chi connectivity index (χ2v) is 7.08. The number of amides is 1. The molecule has 1 aliphatic heterocycles. The number of carbonyl (C=O) groups is 1. The Hall–Kier alpha value is -2.40. The molecule has 0 unspecified atom stereocenters. The average Bonchev–Trinajstić information content (AvgIpc) is 2.86. The summed E-state index contributed by atoms with van der Waals surface area (Å²) in [5, 5.41) is 12.2. The van der Waals surface area contributed by atoms with Crippen LogP contribution >= 0.6 is 0 Å². The van der Waals surface area contributed by atoms with E-state index in [4.69, 9.17) is 10.00 Å². The number of nitrogens with zero attached hydrogens (tertiary/aromatic N) is 2. The Morgan fingerprint density at radius 1 is 1.45 bits per heavy atom. The molecule has 7 nitrogen and oxygen atoms in total. The normalized spacial score (nSPS) is 19.7. The predicted octanol–water partition coefficient (Wildman–Crippen LogP) is 0.474. The maximum absolute atomic E-state index is 11.8. The van der Waals surface area contributed by atoms with Gasteiger partial charge in [-0.15, -0.1) is 0 Å². The number of ether oxygens (including phenoxy) is 1. The largest absolute Gasteiger partial charge is 0.479 e. The first kappa shape index (κ1) is 16.0. The first-order valence-electron chi connectivity index (χ1n) is 6.63. The van der Waals surface area contributed by atoms with Gasteiger partial charge in [-0.1, -0.05) is 0 Å². The van der Waals surface area contributed by atoms with E-state index in [0.717, 1.165) is 5.56 Å². The van der Waals surface area contributed by atoms with E-state index in [1.54, 1.807) is 24.3 Å². The van der Waals surface area contributed by atoms with Gasteiger partial charge in [-0.25, -0.2) is 13.8 Å². The summed E-state index contributed by atoms with van der Waals surface area (Å²) < 4.78 is 27.7. The molecular formula is C14H15N3O4S. The molecule has 1 saturated heterocycles. The van der Waals surface area contributed by atoms with Crippen LogP contribution in [-0.4, -0.2) is 38.7 Å². The standard InChI is InChI=1S/C14H15N3O4S/c15-6-7-21-13-3-1-11(2-4-13)9-16-17-14(18)12-5-8-22(19,20)10-12/h1-4,9,12H,5,7-8,10H2,(H,17,18)/b16-9-/t12-/m1/s1. The third-order valence-electron chi connectivity index (χ3n) is 3.18. The van der Waals surface area contributed by atoms with Crippen molar-refractivity contribution in [2.75, 3.05) is 18.1 Å². The minimum Gasteiger partial charge on any atom is -0.479 e. The van der Waals surface area contributed by atoms with Crippen molar-refractivity contribution in [3.05, 3.63) is 29.8 Å². The molecule has 0 saturated carbocycles. The van der Waals surface area contributed by atoms with Gasteiger partial charge in [-0.2, -0.15) is 10.4 Å². The minimum absolute atomic E-state index is 0.0200. The van der Waals surface area contributed by atoms with Gasteiger partial charge in [0.25, 0.3) is 0 Å². The molecule has 1 heterocycles. The van der Waals surface area contributed by atoms with Crippen molar-refractivity contribution >= 4 is 22.0 Å². The molecule has 1 N–H and O–H groups in total. The monoisotopic (exact) mass is 321 g/mol. The summed E-state index contributed by atoms with van der Waals surface area (Å²) in [7, 11) is -3.08. The van der Waals surface area contributed by atoms with Crippen molar-refractivity contribution in [2.24, 2.45) is 11.0 Å². The Bertz CT molecular complexity index is 705. The molecule has 0 aliphatic carbocycles.